The molecule has 2 aromatic heterocycles. The average Bonchev–Trinajstić information content (AvgIpc) is 3.54. The Hall–Kier alpha value is -2.80. The summed E-state index contributed by atoms with van der Waals surface area (Å²) in [7, 11) is 0. The molecule has 0 bridgehead atoms. The van der Waals surface area contributed by atoms with Gasteiger partial charge >= 0.3 is 0 Å². The van der Waals surface area contributed by atoms with Crippen molar-refractivity contribution in [1.29, 1.82) is 0 Å². The highest BCUT2D eigenvalue weighted by atomic mass is 19.1. The molecule has 2 aliphatic heterocycles. The molecule has 0 radical (unpaired) electrons. The van der Waals surface area contributed by atoms with Gasteiger partial charge in [0.2, 0.25) is 0 Å². The van der Waals surface area contributed by atoms with Crippen molar-refractivity contribution in [2.45, 2.75) is 65.1 Å². The zero-order chi connectivity index (χ0) is 23.1. The molecule has 0 spiro atoms. The molecule has 1 atom stereocenters. The maximum absolute atomic E-state index is 13.9. The van der Waals surface area contributed by atoms with Gasteiger partial charge in [-0.2, -0.15) is 0 Å². The van der Waals surface area contributed by atoms with Crippen molar-refractivity contribution in [2.75, 3.05) is 19.6 Å². The lowest BCUT2D eigenvalue weighted by Gasteiger charge is -2.24. The Morgan fingerprint density at radius 3 is 2.70 bits per heavy atom. The summed E-state index contributed by atoms with van der Waals surface area (Å²) in [6, 6.07) is 5.44. The van der Waals surface area contributed by atoms with E-state index in [0.717, 1.165) is 74.3 Å². The van der Waals surface area contributed by atoms with Crippen LogP contribution in [-0.2, 0) is 6.54 Å². The maximum Gasteiger partial charge on any atom is 0.257 e. The predicted molar refractivity (Wildman–Crippen MR) is 127 cm³/mol. The van der Waals surface area contributed by atoms with Crippen LogP contribution in [0.1, 0.15) is 79.1 Å². The van der Waals surface area contributed by atoms with Gasteiger partial charge in [-0.05, 0) is 76.8 Å². The van der Waals surface area contributed by atoms with Crippen LogP contribution in [0.2, 0.25) is 0 Å². The molecule has 1 amide bonds. The Balaban J connectivity index is 1.40. The quantitative estimate of drug-likeness (QED) is 0.548. The highest BCUT2D eigenvalue weighted by molar-refractivity contribution is 5.95. The average molecular weight is 450 g/mol. The number of rotatable bonds is 5. The van der Waals surface area contributed by atoms with Gasteiger partial charge in [0.25, 0.3) is 5.91 Å². The molecular weight excluding hydrogens is 417 g/mol. The molecule has 0 saturated carbocycles. The molecule has 0 N–H and O–H groups in total. The molecule has 174 valence electrons. The van der Waals surface area contributed by atoms with E-state index in [1.165, 1.54) is 5.56 Å². The zero-order valence-corrected chi connectivity index (χ0v) is 19.7. The number of carbonyl (C=O) groups excluding carboxylic acids is 1. The van der Waals surface area contributed by atoms with Gasteiger partial charge in [0.15, 0.2) is 0 Å². The molecule has 2 fully saturated rings. The second-order valence-corrected chi connectivity index (χ2v) is 9.67. The van der Waals surface area contributed by atoms with Crippen LogP contribution in [0.15, 0.2) is 30.6 Å². The molecule has 4 heterocycles. The third-order valence-electron chi connectivity index (χ3n) is 7.09. The summed E-state index contributed by atoms with van der Waals surface area (Å²) in [6.07, 6.45) is 8.10. The summed E-state index contributed by atoms with van der Waals surface area (Å²) in [4.78, 5) is 26.6. The molecule has 33 heavy (non-hydrogen) atoms. The van der Waals surface area contributed by atoms with E-state index in [0.29, 0.717) is 5.56 Å². The van der Waals surface area contributed by atoms with Crippen LogP contribution in [0.3, 0.4) is 0 Å². The van der Waals surface area contributed by atoms with E-state index >= 15 is 0 Å². The second kappa shape index (κ2) is 8.86. The van der Waals surface area contributed by atoms with Crippen molar-refractivity contribution in [2.24, 2.45) is 0 Å². The van der Waals surface area contributed by atoms with E-state index in [1.807, 2.05) is 17.9 Å². The number of halogens is 1. The predicted octanol–water partition coefficient (Wildman–Crippen LogP) is 5.03. The van der Waals surface area contributed by atoms with Gasteiger partial charge in [0, 0.05) is 43.5 Å². The molecule has 0 unspecified atom stereocenters. The number of fused-ring (bicyclic) bond motifs is 1. The third-order valence-corrected chi connectivity index (χ3v) is 7.09. The van der Waals surface area contributed by atoms with Crippen LogP contribution in [-0.4, -0.2) is 49.9 Å². The van der Waals surface area contributed by atoms with Crippen molar-refractivity contribution in [3.05, 3.63) is 59.1 Å². The summed E-state index contributed by atoms with van der Waals surface area (Å²) in [5.74, 6) is 0.635. The minimum absolute atomic E-state index is 0.0496. The molecule has 3 aromatic rings. The SMILES string of the molecule is Cc1nc([C@@H]2CCCN2Cc2cn(C(C)C)c3cc(F)ccc23)ncc1C(=O)N1CCCC1. The summed E-state index contributed by atoms with van der Waals surface area (Å²) >= 11 is 0. The summed E-state index contributed by atoms with van der Waals surface area (Å²) in [6.45, 7) is 9.54. The van der Waals surface area contributed by atoms with Gasteiger partial charge in [-0.15, -0.1) is 0 Å². The lowest BCUT2D eigenvalue weighted by atomic mass is 10.1. The van der Waals surface area contributed by atoms with E-state index in [2.05, 4.69) is 34.5 Å². The van der Waals surface area contributed by atoms with E-state index in [1.54, 1.807) is 18.3 Å². The fourth-order valence-electron chi connectivity index (χ4n) is 5.32. The fraction of sp³-hybridized carbons (Fsp3) is 0.500. The minimum Gasteiger partial charge on any atom is -0.345 e. The lowest BCUT2D eigenvalue weighted by Crippen LogP contribution is -2.29. The number of hydrogen-bond acceptors (Lipinski definition) is 4. The van der Waals surface area contributed by atoms with Crippen molar-refractivity contribution in [3.8, 4) is 0 Å². The van der Waals surface area contributed by atoms with Crippen LogP contribution in [0.25, 0.3) is 10.9 Å². The number of nitrogens with zero attached hydrogens (tertiary/aromatic N) is 5. The number of amides is 1. The molecular formula is C26H32FN5O. The maximum atomic E-state index is 13.9. The summed E-state index contributed by atoms with van der Waals surface area (Å²) in [5.41, 5.74) is 3.51. The molecule has 6 nitrogen and oxygen atoms in total. The Labute approximate surface area is 194 Å². The Bertz CT molecular complexity index is 1180. The van der Waals surface area contributed by atoms with E-state index in [4.69, 9.17) is 4.98 Å². The van der Waals surface area contributed by atoms with Gasteiger partial charge in [0.1, 0.15) is 11.6 Å². The van der Waals surface area contributed by atoms with Crippen molar-refractivity contribution >= 4 is 16.8 Å². The Morgan fingerprint density at radius 1 is 1.18 bits per heavy atom. The second-order valence-electron chi connectivity index (χ2n) is 9.67. The molecule has 2 aliphatic rings. The highest BCUT2D eigenvalue weighted by Crippen LogP contribution is 2.34. The number of aromatic nitrogens is 3. The third kappa shape index (κ3) is 4.14. The van der Waals surface area contributed by atoms with Gasteiger partial charge in [-0.3, -0.25) is 9.69 Å². The van der Waals surface area contributed by atoms with Gasteiger partial charge < -0.3 is 9.47 Å². The van der Waals surface area contributed by atoms with Crippen LogP contribution >= 0.6 is 0 Å². The normalized spacial score (nSPS) is 19.3. The standard InChI is InChI=1S/C26H32FN5O/c1-17(2)32-16-19(21-9-8-20(27)13-24(21)32)15-31-12-6-7-23(31)25-28-14-22(18(3)29-25)26(33)30-10-4-5-11-30/h8-9,13-14,16-17,23H,4-7,10-12,15H2,1-3H3/t23-/m0/s1. The molecule has 5 rings (SSSR count). The molecule has 1 aromatic carbocycles. The van der Waals surface area contributed by atoms with Crippen LogP contribution in [0.4, 0.5) is 4.39 Å². The number of benzene rings is 1. The first-order chi connectivity index (χ1) is 15.9. The minimum atomic E-state index is -0.208. The fourth-order valence-corrected chi connectivity index (χ4v) is 5.32. The van der Waals surface area contributed by atoms with E-state index < -0.39 is 0 Å². The summed E-state index contributed by atoms with van der Waals surface area (Å²) < 4.78 is 16.1. The van der Waals surface area contributed by atoms with Crippen molar-refractivity contribution < 1.29 is 9.18 Å². The van der Waals surface area contributed by atoms with Gasteiger partial charge in [-0.1, -0.05) is 0 Å². The number of aryl methyl sites for hydroxylation is 1. The lowest BCUT2D eigenvalue weighted by molar-refractivity contribution is 0.0791. The topological polar surface area (TPSA) is 54.3 Å². The van der Waals surface area contributed by atoms with Crippen LogP contribution in [0.5, 0.6) is 0 Å². The highest BCUT2D eigenvalue weighted by Gasteiger charge is 2.30. The van der Waals surface area contributed by atoms with E-state index in [9.17, 15) is 9.18 Å². The van der Waals surface area contributed by atoms with E-state index in [-0.39, 0.29) is 23.8 Å². The number of likely N-dealkylation sites (tertiary alicyclic amines) is 2. The van der Waals surface area contributed by atoms with Gasteiger partial charge in [0.05, 0.1) is 22.8 Å². The molecule has 0 aliphatic carbocycles. The van der Waals surface area contributed by atoms with Crippen molar-refractivity contribution in [1.82, 2.24) is 24.3 Å². The number of hydrogen-bond donors (Lipinski definition) is 0. The van der Waals surface area contributed by atoms with Crippen LogP contribution in [0, 0.1) is 12.7 Å². The smallest absolute Gasteiger partial charge is 0.257 e. The van der Waals surface area contributed by atoms with Crippen molar-refractivity contribution in [3.63, 3.8) is 0 Å². The Morgan fingerprint density at radius 2 is 1.97 bits per heavy atom. The zero-order valence-electron chi connectivity index (χ0n) is 19.7. The molecule has 7 heteroatoms. The first kappa shape index (κ1) is 22.0. The monoisotopic (exact) mass is 449 g/mol. The first-order valence-corrected chi connectivity index (χ1v) is 12.1. The van der Waals surface area contributed by atoms with Gasteiger partial charge in [-0.25, -0.2) is 14.4 Å². The molecule has 2 saturated heterocycles. The Kier molecular flexibility index (Phi) is 5.91. The van der Waals surface area contributed by atoms with Crippen LogP contribution < -0.4 is 0 Å². The number of carbonyl (C=O) groups is 1. The first-order valence-electron chi connectivity index (χ1n) is 12.1. The summed E-state index contributed by atoms with van der Waals surface area (Å²) in [5, 5.41) is 1.10. The largest absolute Gasteiger partial charge is 0.345 e.